The van der Waals surface area contributed by atoms with E-state index in [4.69, 9.17) is 5.73 Å². The van der Waals surface area contributed by atoms with Crippen LogP contribution >= 0.6 is 0 Å². The third kappa shape index (κ3) is 2.05. The Morgan fingerprint density at radius 2 is 2.26 bits per heavy atom. The molecule has 98 valence electrons. The molecule has 0 saturated carbocycles. The van der Waals surface area contributed by atoms with Gasteiger partial charge in [0, 0.05) is 24.7 Å². The van der Waals surface area contributed by atoms with Gasteiger partial charge in [-0.3, -0.25) is 4.79 Å². The molecular weight excluding hydrogens is 242 g/mol. The monoisotopic (exact) mass is 257 g/mol. The minimum atomic E-state index is -0.218. The number of aromatic nitrogens is 2. The molecule has 1 amide bonds. The number of anilines is 2. The van der Waals surface area contributed by atoms with Crippen LogP contribution in [0, 0.1) is 0 Å². The van der Waals surface area contributed by atoms with Crippen LogP contribution in [0.2, 0.25) is 0 Å². The molecule has 1 aliphatic rings. The quantitative estimate of drug-likeness (QED) is 0.779. The molecule has 1 fully saturated rings. The average Bonchev–Trinajstić information content (AvgIpc) is 2.71. The van der Waals surface area contributed by atoms with Gasteiger partial charge in [-0.05, 0) is 24.6 Å². The largest absolute Gasteiger partial charge is 0.399 e. The first-order valence-corrected chi connectivity index (χ1v) is 6.17. The lowest BCUT2D eigenvalue weighted by Crippen LogP contribution is -2.31. The molecule has 1 aliphatic heterocycles. The standard InChI is InChI=1S/C13H15N5O/c1-18-5-4-11(13(18)19)17-12-9-6-8(14)2-3-10(9)15-7-16-12/h2-3,6-7,11H,4-5,14H2,1H3,(H,15,16,17). The van der Waals surface area contributed by atoms with Crippen molar-refractivity contribution in [2.45, 2.75) is 12.5 Å². The van der Waals surface area contributed by atoms with Gasteiger partial charge >= 0.3 is 0 Å². The highest BCUT2D eigenvalue weighted by molar-refractivity contribution is 5.94. The SMILES string of the molecule is CN1CCC(Nc2ncnc3ccc(N)cc23)C1=O. The summed E-state index contributed by atoms with van der Waals surface area (Å²) in [6.45, 7) is 0.766. The molecule has 6 heteroatoms. The minimum Gasteiger partial charge on any atom is -0.399 e. The smallest absolute Gasteiger partial charge is 0.244 e. The predicted octanol–water partition coefficient (Wildman–Crippen LogP) is 0.855. The molecule has 2 aromatic rings. The Morgan fingerprint density at radius 1 is 1.42 bits per heavy atom. The maximum absolute atomic E-state index is 11.9. The van der Waals surface area contributed by atoms with Gasteiger partial charge in [-0.2, -0.15) is 0 Å². The van der Waals surface area contributed by atoms with E-state index in [-0.39, 0.29) is 11.9 Å². The van der Waals surface area contributed by atoms with E-state index < -0.39 is 0 Å². The van der Waals surface area contributed by atoms with Gasteiger partial charge in [-0.15, -0.1) is 0 Å². The molecule has 0 radical (unpaired) electrons. The number of nitrogens with two attached hydrogens (primary N) is 1. The Hall–Kier alpha value is -2.37. The van der Waals surface area contributed by atoms with Crippen molar-refractivity contribution in [2.75, 3.05) is 24.6 Å². The molecule has 1 aromatic carbocycles. The lowest BCUT2D eigenvalue weighted by Gasteiger charge is -2.14. The zero-order valence-electron chi connectivity index (χ0n) is 10.6. The Morgan fingerprint density at radius 3 is 3.00 bits per heavy atom. The number of likely N-dealkylation sites (N-methyl/N-ethyl adjacent to an activating group) is 1. The number of carbonyl (C=O) groups is 1. The van der Waals surface area contributed by atoms with Crippen molar-refractivity contribution < 1.29 is 4.79 Å². The molecule has 1 saturated heterocycles. The predicted molar refractivity (Wildman–Crippen MR) is 73.6 cm³/mol. The normalized spacial score (nSPS) is 19.1. The van der Waals surface area contributed by atoms with Gasteiger partial charge in [0.15, 0.2) is 0 Å². The molecule has 1 unspecified atom stereocenters. The van der Waals surface area contributed by atoms with E-state index in [0.717, 1.165) is 23.9 Å². The Kier molecular flexibility index (Phi) is 2.70. The van der Waals surface area contributed by atoms with E-state index in [0.29, 0.717) is 11.5 Å². The van der Waals surface area contributed by atoms with Crippen molar-refractivity contribution in [1.82, 2.24) is 14.9 Å². The Bertz CT molecular complexity index is 642. The lowest BCUT2D eigenvalue weighted by atomic mass is 10.2. The van der Waals surface area contributed by atoms with Crippen LogP contribution in [0.4, 0.5) is 11.5 Å². The van der Waals surface area contributed by atoms with Crippen molar-refractivity contribution >= 4 is 28.3 Å². The summed E-state index contributed by atoms with van der Waals surface area (Å²) in [5.74, 6) is 0.751. The fourth-order valence-corrected chi connectivity index (χ4v) is 2.31. The zero-order valence-corrected chi connectivity index (χ0v) is 10.6. The van der Waals surface area contributed by atoms with E-state index in [1.807, 2.05) is 12.1 Å². The molecule has 0 spiro atoms. The summed E-state index contributed by atoms with van der Waals surface area (Å²) in [6, 6.07) is 5.25. The molecule has 6 nitrogen and oxygen atoms in total. The number of rotatable bonds is 2. The first-order chi connectivity index (χ1) is 9.15. The second kappa shape index (κ2) is 4.38. The van der Waals surface area contributed by atoms with E-state index in [9.17, 15) is 4.79 Å². The molecule has 3 N–H and O–H groups in total. The van der Waals surface area contributed by atoms with Crippen molar-refractivity contribution in [3.63, 3.8) is 0 Å². The molecule has 19 heavy (non-hydrogen) atoms. The number of hydrogen-bond donors (Lipinski definition) is 2. The summed E-state index contributed by atoms with van der Waals surface area (Å²) >= 11 is 0. The maximum atomic E-state index is 11.9. The number of fused-ring (bicyclic) bond motifs is 1. The van der Waals surface area contributed by atoms with E-state index in [2.05, 4.69) is 15.3 Å². The fraction of sp³-hybridized carbons (Fsp3) is 0.308. The van der Waals surface area contributed by atoms with Crippen molar-refractivity contribution in [3.05, 3.63) is 24.5 Å². The van der Waals surface area contributed by atoms with Crippen LogP contribution in [-0.2, 0) is 4.79 Å². The second-order valence-electron chi connectivity index (χ2n) is 4.74. The summed E-state index contributed by atoms with van der Waals surface area (Å²) < 4.78 is 0. The van der Waals surface area contributed by atoms with E-state index in [1.54, 1.807) is 18.0 Å². The van der Waals surface area contributed by atoms with Crippen LogP contribution in [0.15, 0.2) is 24.5 Å². The summed E-state index contributed by atoms with van der Waals surface area (Å²) in [6.07, 6.45) is 2.27. The molecule has 0 aliphatic carbocycles. The number of hydrogen-bond acceptors (Lipinski definition) is 5. The van der Waals surface area contributed by atoms with Gasteiger partial charge < -0.3 is 16.0 Å². The van der Waals surface area contributed by atoms with Gasteiger partial charge in [-0.25, -0.2) is 9.97 Å². The lowest BCUT2D eigenvalue weighted by molar-refractivity contribution is -0.127. The molecule has 1 aromatic heterocycles. The number of nitrogens with one attached hydrogen (secondary N) is 1. The van der Waals surface area contributed by atoms with Gasteiger partial charge in [0.25, 0.3) is 0 Å². The number of benzene rings is 1. The van der Waals surface area contributed by atoms with Crippen molar-refractivity contribution in [3.8, 4) is 0 Å². The molecule has 2 heterocycles. The average molecular weight is 257 g/mol. The fourth-order valence-electron chi connectivity index (χ4n) is 2.31. The van der Waals surface area contributed by atoms with E-state index >= 15 is 0 Å². The third-order valence-corrected chi connectivity index (χ3v) is 3.40. The van der Waals surface area contributed by atoms with Crippen molar-refractivity contribution in [2.24, 2.45) is 0 Å². The number of carbonyl (C=O) groups excluding carboxylic acids is 1. The van der Waals surface area contributed by atoms with Crippen LogP contribution in [0.1, 0.15) is 6.42 Å². The summed E-state index contributed by atoms with van der Waals surface area (Å²) in [5, 5.41) is 4.03. The topological polar surface area (TPSA) is 84.1 Å². The Labute approximate surface area is 110 Å². The first-order valence-electron chi connectivity index (χ1n) is 6.17. The van der Waals surface area contributed by atoms with Gasteiger partial charge in [0.05, 0.1) is 5.52 Å². The molecule has 3 rings (SSSR count). The summed E-state index contributed by atoms with van der Waals surface area (Å²) in [4.78, 5) is 22.0. The zero-order chi connectivity index (χ0) is 13.4. The van der Waals surface area contributed by atoms with Gasteiger partial charge in [-0.1, -0.05) is 0 Å². The van der Waals surface area contributed by atoms with Gasteiger partial charge in [0.2, 0.25) is 5.91 Å². The number of amides is 1. The van der Waals surface area contributed by atoms with Crippen LogP contribution in [0.5, 0.6) is 0 Å². The summed E-state index contributed by atoms with van der Waals surface area (Å²) in [5.41, 5.74) is 7.26. The first kappa shape index (κ1) is 11.7. The number of nitrogens with zero attached hydrogens (tertiary/aromatic N) is 3. The van der Waals surface area contributed by atoms with Crippen molar-refractivity contribution in [1.29, 1.82) is 0 Å². The molecular formula is C13H15N5O. The van der Waals surface area contributed by atoms with Crippen LogP contribution in [0.3, 0.4) is 0 Å². The number of likely N-dealkylation sites (tertiary alicyclic amines) is 1. The van der Waals surface area contributed by atoms with Crippen LogP contribution < -0.4 is 11.1 Å². The highest BCUT2D eigenvalue weighted by Gasteiger charge is 2.29. The molecule has 0 bridgehead atoms. The molecule has 1 atom stereocenters. The van der Waals surface area contributed by atoms with E-state index in [1.165, 1.54) is 6.33 Å². The summed E-state index contributed by atoms with van der Waals surface area (Å²) in [7, 11) is 1.81. The van der Waals surface area contributed by atoms with Crippen LogP contribution in [0.25, 0.3) is 10.9 Å². The second-order valence-corrected chi connectivity index (χ2v) is 4.74. The number of nitrogen functional groups attached to an aromatic ring is 1. The maximum Gasteiger partial charge on any atom is 0.244 e. The minimum absolute atomic E-state index is 0.0932. The Balaban J connectivity index is 1.97. The van der Waals surface area contributed by atoms with Crippen LogP contribution in [-0.4, -0.2) is 40.4 Å². The third-order valence-electron chi connectivity index (χ3n) is 3.40. The van der Waals surface area contributed by atoms with Gasteiger partial charge in [0.1, 0.15) is 18.2 Å². The highest BCUT2D eigenvalue weighted by Crippen LogP contribution is 2.23. The highest BCUT2D eigenvalue weighted by atomic mass is 16.2.